The maximum atomic E-state index is 13.3. The SMILES string of the molecule is Cc1ccc(S(=O)(=O)N(CC(=O)NCCCN2CCOCC2)c2ccc(Br)cc2)cc1. The lowest BCUT2D eigenvalue weighted by Crippen LogP contribution is -2.42. The van der Waals surface area contributed by atoms with E-state index in [1.165, 1.54) is 0 Å². The number of hydrogen-bond donors (Lipinski definition) is 1. The molecule has 1 saturated heterocycles. The summed E-state index contributed by atoms with van der Waals surface area (Å²) in [5.74, 6) is -0.333. The molecule has 0 aromatic heterocycles. The third kappa shape index (κ3) is 6.77. The van der Waals surface area contributed by atoms with Crippen molar-refractivity contribution in [1.82, 2.24) is 10.2 Å². The Morgan fingerprint density at radius 3 is 2.39 bits per heavy atom. The van der Waals surface area contributed by atoms with Crippen LogP contribution in [0.3, 0.4) is 0 Å². The van der Waals surface area contributed by atoms with Crippen molar-refractivity contribution in [3.05, 3.63) is 58.6 Å². The van der Waals surface area contributed by atoms with E-state index in [1.54, 1.807) is 48.5 Å². The number of rotatable bonds is 9. The summed E-state index contributed by atoms with van der Waals surface area (Å²) in [4.78, 5) is 15.1. The molecule has 168 valence electrons. The molecular formula is C22H28BrN3O4S. The van der Waals surface area contributed by atoms with Gasteiger partial charge in [-0.1, -0.05) is 33.6 Å². The highest BCUT2D eigenvalue weighted by Gasteiger charge is 2.27. The van der Waals surface area contributed by atoms with Crippen LogP contribution in [0.5, 0.6) is 0 Å². The molecule has 1 heterocycles. The third-order valence-electron chi connectivity index (χ3n) is 5.09. The minimum atomic E-state index is -3.89. The van der Waals surface area contributed by atoms with E-state index in [2.05, 4.69) is 26.1 Å². The fraction of sp³-hybridized carbons (Fsp3) is 0.409. The Morgan fingerprint density at radius 2 is 1.74 bits per heavy atom. The van der Waals surface area contributed by atoms with Gasteiger partial charge in [-0.3, -0.25) is 14.0 Å². The first-order valence-corrected chi connectivity index (χ1v) is 12.5. The first-order chi connectivity index (χ1) is 14.9. The van der Waals surface area contributed by atoms with Gasteiger partial charge in [0.05, 0.1) is 23.8 Å². The van der Waals surface area contributed by atoms with Crippen molar-refractivity contribution in [2.24, 2.45) is 0 Å². The van der Waals surface area contributed by atoms with Gasteiger partial charge >= 0.3 is 0 Å². The number of sulfonamides is 1. The summed E-state index contributed by atoms with van der Waals surface area (Å²) in [6.07, 6.45) is 0.800. The number of morpholine rings is 1. The Hall–Kier alpha value is -1.94. The lowest BCUT2D eigenvalue weighted by Gasteiger charge is -2.26. The van der Waals surface area contributed by atoms with Gasteiger partial charge in [-0.05, 0) is 56.3 Å². The fourth-order valence-electron chi connectivity index (χ4n) is 3.30. The summed E-state index contributed by atoms with van der Waals surface area (Å²) < 4.78 is 34.0. The summed E-state index contributed by atoms with van der Waals surface area (Å²) in [5, 5.41) is 2.85. The third-order valence-corrected chi connectivity index (χ3v) is 7.40. The van der Waals surface area contributed by atoms with E-state index in [0.717, 1.165) is 53.6 Å². The number of benzene rings is 2. The molecule has 2 aromatic rings. The van der Waals surface area contributed by atoms with Crippen molar-refractivity contribution in [3.8, 4) is 0 Å². The highest BCUT2D eigenvalue weighted by Crippen LogP contribution is 2.25. The van der Waals surface area contributed by atoms with Gasteiger partial charge in [0, 0.05) is 24.1 Å². The largest absolute Gasteiger partial charge is 0.379 e. The second-order valence-electron chi connectivity index (χ2n) is 7.46. The zero-order valence-corrected chi connectivity index (χ0v) is 20.0. The molecule has 0 atom stereocenters. The highest BCUT2D eigenvalue weighted by molar-refractivity contribution is 9.10. The van der Waals surface area contributed by atoms with Crippen molar-refractivity contribution < 1.29 is 17.9 Å². The quantitative estimate of drug-likeness (QED) is 0.525. The maximum Gasteiger partial charge on any atom is 0.264 e. The average molecular weight is 510 g/mol. The van der Waals surface area contributed by atoms with Crippen molar-refractivity contribution >= 4 is 37.5 Å². The molecule has 1 aliphatic rings. The molecule has 0 unspecified atom stereocenters. The molecule has 1 amide bonds. The van der Waals surface area contributed by atoms with Gasteiger partial charge in [0.15, 0.2) is 0 Å². The van der Waals surface area contributed by atoms with Crippen molar-refractivity contribution in [3.63, 3.8) is 0 Å². The average Bonchev–Trinajstić information content (AvgIpc) is 2.77. The van der Waals surface area contributed by atoms with Crippen LogP contribution >= 0.6 is 15.9 Å². The molecule has 2 aromatic carbocycles. The summed E-state index contributed by atoms with van der Waals surface area (Å²) in [5.41, 5.74) is 1.40. The van der Waals surface area contributed by atoms with Gasteiger partial charge < -0.3 is 10.1 Å². The normalized spacial score (nSPS) is 14.9. The lowest BCUT2D eigenvalue weighted by molar-refractivity contribution is -0.119. The second kappa shape index (κ2) is 11.1. The molecule has 0 bridgehead atoms. The van der Waals surface area contributed by atoms with Crippen LogP contribution in [0.2, 0.25) is 0 Å². The van der Waals surface area contributed by atoms with E-state index in [4.69, 9.17) is 4.74 Å². The van der Waals surface area contributed by atoms with Crippen LogP contribution in [0.1, 0.15) is 12.0 Å². The van der Waals surface area contributed by atoms with Gasteiger partial charge in [-0.2, -0.15) is 0 Å². The van der Waals surface area contributed by atoms with Crippen LogP contribution in [0.15, 0.2) is 57.9 Å². The second-order valence-corrected chi connectivity index (χ2v) is 10.2. The monoisotopic (exact) mass is 509 g/mol. The smallest absolute Gasteiger partial charge is 0.264 e. The Bertz CT molecular complexity index is 959. The topological polar surface area (TPSA) is 79.0 Å². The highest BCUT2D eigenvalue weighted by atomic mass is 79.9. The van der Waals surface area contributed by atoms with Crippen molar-refractivity contribution in [2.45, 2.75) is 18.2 Å². The number of nitrogens with one attached hydrogen (secondary N) is 1. The van der Waals surface area contributed by atoms with E-state index in [-0.39, 0.29) is 17.3 Å². The fourth-order valence-corrected chi connectivity index (χ4v) is 4.99. The Balaban J connectivity index is 1.67. The predicted octanol–water partition coefficient (Wildman–Crippen LogP) is 2.79. The van der Waals surface area contributed by atoms with Crippen molar-refractivity contribution in [2.75, 3.05) is 50.2 Å². The molecule has 3 rings (SSSR count). The number of anilines is 1. The minimum Gasteiger partial charge on any atom is -0.379 e. The molecule has 0 radical (unpaired) electrons. The van der Waals surface area contributed by atoms with Crippen LogP contribution < -0.4 is 9.62 Å². The van der Waals surface area contributed by atoms with E-state index in [0.29, 0.717) is 12.2 Å². The Morgan fingerprint density at radius 1 is 1.10 bits per heavy atom. The molecule has 7 nitrogen and oxygen atoms in total. The van der Waals surface area contributed by atoms with Crippen LogP contribution in [0, 0.1) is 6.92 Å². The number of halogens is 1. The number of ether oxygens (including phenoxy) is 1. The number of carbonyl (C=O) groups excluding carboxylic acids is 1. The molecule has 31 heavy (non-hydrogen) atoms. The van der Waals surface area contributed by atoms with Gasteiger partial charge in [0.25, 0.3) is 10.0 Å². The van der Waals surface area contributed by atoms with Gasteiger partial charge in [0.2, 0.25) is 5.91 Å². The Kier molecular flexibility index (Phi) is 8.48. The van der Waals surface area contributed by atoms with E-state index >= 15 is 0 Å². The first kappa shape index (κ1) is 23.7. The van der Waals surface area contributed by atoms with Crippen LogP contribution in [-0.2, 0) is 19.6 Å². The maximum absolute atomic E-state index is 13.3. The summed E-state index contributed by atoms with van der Waals surface area (Å²) in [6, 6.07) is 13.5. The molecule has 0 spiro atoms. The first-order valence-electron chi connectivity index (χ1n) is 10.3. The number of hydrogen-bond acceptors (Lipinski definition) is 5. The van der Waals surface area contributed by atoms with E-state index in [9.17, 15) is 13.2 Å². The standard InChI is InChI=1S/C22H28BrN3O4S/c1-18-3-9-21(10-4-18)31(28,29)26(20-7-5-19(23)6-8-20)17-22(27)24-11-2-12-25-13-15-30-16-14-25/h3-10H,2,11-17H2,1H3,(H,24,27). The van der Waals surface area contributed by atoms with Gasteiger partial charge in [-0.25, -0.2) is 8.42 Å². The minimum absolute atomic E-state index is 0.154. The zero-order valence-electron chi connectivity index (χ0n) is 17.6. The number of carbonyl (C=O) groups is 1. The summed E-state index contributed by atoms with van der Waals surface area (Å²) in [7, 11) is -3.89. The molecule has 1 N–H and O–H groups in total. The number of amides is 1. The van der Waals surface area contributed by atoms with Crippen LogP contribution in [-0.4, -0.2) is 65.2 Å². The molecule has 1 fully saturated rings. The summed E-state index contributed by atoms with van der Waals surface area (Å²) in [6.45, 7) is 6.27. The van der Waals surface area contributed by atoms with E-state index in [1.807, 2.05) is 6.92 Å². The van der Waals surface area contributed by atoms with Gasteiger partial charge in [0.1, 0.15) is 6.54 Å². The summed E-state index contributed by atoms with van der Waals surface area (Å²) >= 11 is 3.36. The van der Waals surface area contributed by atoms with Crippen LogP contribution in [0.25, 0.3) is 0 Å². The van der Waals surface area contributed by atoms with Crippen molar-refractivity contribution in [1.29, 1.82) is 0 Å². The zero-order chi connectivity index (χ0) is 22.3. The van der Waals surface area contributed by atoms with Gasteiger partial charge in [-0.15, -0.1) is 0 Å². The van der Waals surface area contributed by atoms with Crippen LogP contribution in [0.4, 0.5) is 5.69 Å². The van der Waals surface area contributed by atoms with E-state index < -0.39 is 10.0 Å². The molecular weight excluding hydrogens is 482 g/mol. The Labute approximate surface area is 192 Å². The predicted molar refractivity (Wildman–Crippen MR) is 125 cm³/mol. The number of nitrogens with zero attached hydrogens (tertiary/aromatic N) is 2. The lowest BCUT2D eigenvalue weighted by atomic mass is 10.2. The molecule has 9 heteroatoms. The molecule has 0 saturated carbocycles. The molecule has 1 aliphatic heterocycles. The number of aryl methyl sites for hydroxylation is 1. The molecule has 0 aliphatic carbocycles.